The van der Waals surface area contributed by atoms with Crippen LogP contribution in [-0.2, 0) is 11.0 Å². The second kappa shape index (κ2) is 14.2. The van der Waals surface area contributed by atoms with E-state index in [4.69, 9.17) is 11.6 Å². The third kappa shape index (κ3) is 9.64. The van der Waals surface area contributed by atoms with Gasteiger partial charge in [0, 0.05) is 37.9 Å². The van der Waals surface area contributed by atoms with Gasteiger partial charge in [-0.05, 0) is 74.3 Å². The van der Waals surface area contributed by atoms with Gasteiger partial charge in [-0.1, -0.05) is 30.2 Å². The van der Waals surface area contributed by atoms with Crippen molar-refractivity contribution in [1.82, 2.24) is 15.1 Å². The van der Waals surface area contributed by atoms with Crippen LogP contribution in [0.1, 0.15) is 36.8 Å². The zero-order chi connectivity index (χ0) is 27.5. The summed E-state index contributed by atoms with van der Waals surface area (Å²) in [6.07, 6.45) is 1.94. The van der Waals surface area contributed by atoms with Crippen molar-refractivity contribution in [2.75, 3.05) is 44.6 Å². The number of rotatable bonds is 9. The fraction of sp³-hybridized carbons (Fsp3) is 0.407. The summed E-state index contributed by atoms with van der Waals surface area (Å²) in [6.45, 7) is 4.26. The molecule has 0 bridgehead atoms. The number of alkyl halides is 3. The number of nitrogens with zero attached hydrogens (tertiary/aromatic N) is 2. The maximum absolute atomic E-state index is 13.3. The maximum Gasteiger partial charge on any atom is 0.416 e. The molecule has 1 aliphatic rings. The molecule has 0 aromatic heterocycles. The van der Waals surface area contributed by atoms with Gasteiger partial charge in [0.1, 0.15) is 5.82 Å². The van der Waals surface area contributed by atoms with E-state index in [1.807, 2.05) is 0 Å². The Balaban J connectivity index is 1.28. The number of hydrogen-bond acceptors (Lipinski definition) is 3. The van der Waals surface area contributed by atoms with Crippen LogP contribution in [0.25, 0.3) is 6.08 Å². The second-order valence-corrected chi connectivity index (χ2v) is 9.45. The normalized spacial score (nSPS) is 14.9. The van der Waals surface area contributed by atoms with Crippen LogP contribution in [0.4, 0.5) is 28.0 Å². The largest absolute Gasteiger partial charge is 0.416 e. The van der Waals surface area contributed by atoms with E-state index in [9.17, 15) is 27.2 Å². The van der Waals surface area contributed by atoms with Gasteiger partial charge < -0.3 is 20.4 Å². The molecule has 0 aliphatic carbocycles. The van der Waals surface area contributed by atoms with Crippen molar-refractivity contribution in [2.45, 2.75) is 31.9 Å². The molecule has 38 heavy (non-hydrogen) atoms. The van der Waals surface area contributed by atoms with Crippen molar-refractivity contribution in [3.8, 4) is 0 Å². The van der Waals surface area contributed by atoms with Gasteiger partial charge in [0.05, 0.1) is 10.6 Å². The molecule has 0 atom stereocenters. The van der Waals surface area contributed by atoms with E-state index >= 15 is 0 Å². The first-order valence-electron chi connectivity index (χ1n) is 12.5. The lowest BCUT2D eigenvalue weighted by Crippen LogP contribution is -2.38. The summed E-state index contributed by atoms with van der Waals surface area (Å²) >= 11 is 5.78. The monoisotopic (exact) mass is 554 g/mol. The summed E-state index contributed by atoms with van der Waals surface area (Å²) in [4.78, 5) is 28.6. The molecule has 2 N–H and O–H groups in total. The zero-order valence-corrected chi connectivity index (χ0v) is 21.6. The predicted molar refractivity (Wildman–Crippen MR) is 140 cm³/mol. The summed E-state index contributed by atoms with van der Waals surface area (Å²) in [7, 11) is 0. The van der Waals surface area contributed by atoms with Crippen molar-refractivity contribution in [2.24, 2.45) is 0 Å². The SMILES string of the molecule is O=C(/C=C/c1ccc(C(F)(F)F)cc1)NCCCCCN1CCCN(C(=O)Nc2ccc(F)c(Cl)c2)CC1. The van der Waals surface area contributed by atoms with E-state index in [1.165, 1.54) is 42.5 Å². The van der Waals surface area contributed by atoms with Crippen molar-refractivity contribution >= 4 is 35.3 Å². The molecular weight excluding hydrogens is 524 g/mol. The summed E-state index contributed by atoms with van der Waals surface area (Å²) in [6, 6.07) is 8.45. The van der Waals surface area contributed by atoms with Gasteiger partial charge in [-0.3, -0.25) is 4.79 Å². The minimum absolute atomic E-state index is 0.0426. The Hall–Kier alpha value is -3.11. The molecule has 3 rings (SSSR count). The summed E-state index contributed by atoms with van der Waals surface area (Å²) in [5.74, 6) is -0.829. The molecule has 2 aromatic rings. The van der Waals surface area contributed by atoms with Crippen LogP contribution in [0.5, 0.6) is 0 Å². The standard InChI is InChI=1S/C27H31ClF4N4O2/c28-23-19-22(10-11-24(23)29)34-26(38)36-16-4-15-35(17-18-36)14-3-1-2-13-33-25(37)12-7-20-5-8-21(9-6-20)27(30,31)32/h5-12,19H,1-4,13-18H2,(H,33,37)(H,34,38)/b12-7+. The van der Waals surface area contributed by atoms with Crippen LogP contribution in [-0.4, -0.2) is 61.0 Å². The average Bonchev–Trinajstić information content (AvgIpc) is 3.12. The number of urea groups is 1. The molecule has 1 heterocycles. The fourth-order valence-corrected chi connectivity index (χ4v) is 4.22. The fourth-order valence-electron chi connectivity index (χ4n) is 4.04. The van der Waals surface area contributed by atoms with Crippen LogP contribution in [0.3, 0.4) is 0 Å². The number of amides is 3. The topological polar surface area (TPSA) is 64.7 Å². The number of halogens is 5. The highest BCUT2D eigenvalue weighted by molar-refractivity contribution is 6.31. The molecule has 11 heteroatoms. The molecule has 0 unspecified atom stereocenters. The van der Waals surface area contributed by atoms with Gasteiger partial charge in [0.25, 0.3) is 0 Å². The lowest BCUT2D eigenvalue weighted by atomic mass is 10.1. The van der Waals surface area contributed by atoms with Crippen LogP contribution < -0.4 is 10.6 Å². The van der Waals surface area contributed by atoms with Crippen LogP contribution in [0, 0.1) is 5.82 Å². The van der Waals surface area contributed by atoms with Crippen molar-refractivity contribution in [3.05, 3.63) is 70.5 Å². The lowest BCUT2D eigenvalue weighted by Gasteiger charge is -2.22. The highest BCUT2D eigenvalue weighted by Crippen LogP contribution is 2.29. The molecule has 0 spiro atoms. The Bertz CT molecular complexity index is 1110. The van der Waals surface area contributed by atoms with E-state index in [0.717, 1.165) is 57.5 Å². The number of benzene rings is 2. The Labute approximate surface area is 224 Å². The first-order valence-corrected chi connectivity index (χ1v) is 12.9. The Morgan fingerprint density at radius 1 is 0.974 bits per heavy atom. The van der Waals surface area contributed by atoms with Crippen molar-refractivity contribution in [3.63, 3.8) is 0 Å². The molecule has 206 valence electrons. The zero-order valence-electron chi connectivity index (χ0n) is 20.9. The highest BCUT2D eigenvalue weighted by Gasteiger charge is 2.29. The predicted octanol–water partition coefficient (Wildman–Crippen LogP) is 6.04. The van der Waals surface area contributed by atoms with E-state index in [0.29, 0.717) is 30.9 Å². The molecule has 1 aliphatic heterocycles. The number of hydrogen-bond donors (Lipinski definition) is 2. The quantitative estimate of drug-likeness (QED) is 0.226. The van der Waals surface area contributed by atoms with Crippen molar-refractivity contribution in [1.29, 1.82) is 0 Å². The minimum atomic E-state index is -4.38. The van der Waals surface area contributed by atoms with E-state index in [2.05, 4.69) is 15.5 Å². The molecule has 0 radical (unpaired) electrons. The van der Waals surface area contributed by atoms with Gasteiger partial charge in [-0.25, -0.2) is 9.18 Å². The Morgan fingerprint density at radius 2 is 1.74 bits per heavy atom. The summed E-state index contributed by atoms with van der Waals surface area (Å²) in [5, 5.41) is 5.50. The van der Waals surface area contributed by atoms with Crippen LogP contribution in [0.15, 0.2) is 48.5 Å². The second-order valence-electron chi connectivity index (χ2n) is 9.05. The third-order valence-corrected chi connectivity index (χ3v) is 6.45. The third-order valence-electron chi connectivity index (χ3n) is 6.16. The van der Waals surface area contributed by atoms with Gasteiger partial charge in [-0.15, -0.1) is 0 Å². The summed E-state index contributed by atoms with van der Waals surface area (Å²) in [5.41, 5.74) is 0.237. The molecule has 0 saturated carbocycles. The first-order chi connectivity index (χ1) is 18.1. The van der Waals surface area contributed by atoms with E-state index in [-0.39, 0.29) is 17.0 Å². The highest BCUT2D eigenvalue weighted by atomic mass is 35.5. The van der Waals surface area contributed by atoms with Gasteiger partial charge in [0.15, 0.2) is 0 Å². The molecule has 2 aromatic carbocycles. The first kappa shape index (κ1) is 29.4. The van der Waals surface area contributed by atoms with Crippen LogP contribution >= 0.6 is 11.6 Å². The number of carbonyl (C=O) groups excluding carboxylic acids is 2. The summed E-state index contributed by atoms with van der Waals surface area (Å²) < 4.78 is 51.1. The number of unbranched alkanes of at least 4 members (excludes halogenated alkanes) is 2. The van der Waals surface area contributed by atoms with E-state index in [1.54, 1.807) is 4.90 Å². The number of carbonyl (C=O) groups is 2. The molecule has 6 nitrogen and oxygen atoms in total. The molecular formula is C27H31ClF4N4O2. The maximum atomic E-state index is 13.3. The Morgan fingerprint density at radius 3 is 2.45 bits per heavy atom. The van der Waals surface area contributed by atoms with E-state index < -0.39 is 17.6 Å². The van der Waals surface area contributed by atoms with Gasteiger partial charge in [-0.2, -0.15) is 13.2 Å². The smallest absolute Gasteiger partial charge is 0.353 e. The van der Waals surface area contributed by atoms with Gasteiger partial charge in [0.2, 0.25) is 5.91 Å². The van der Waals surface area contributed by atoms with Gasteiger partial charge >= 0.3 is 12.2 Å². The number of anilines is 1. The Kier molecular flexibility index (Phi) is 11.0. The van der Waals surface area contributed by atoms with Crippen LogP contribution in [0.2, 0.25) is 5.02 Å². The lowest BCUT2D eigenvalue weighted by molar-refractivity contribution is -0.137. The minimum Gasteiger partial charge on any atom is -0.353 e. The number of nitrogens with one attached hydrogen (secondary N) is 2. The molecule has 1 fully saturated rings. The molecule has 3 amide bonds. The molecule has 1 saturated heterocycles. The average molecular weight is 555 g/mol. The van der Waals surface area contributed by atoms with Crippen molar-refractivity contribution < 1.29 is 27.2 Å².